The van der Waals surface area contributed by atoms with E-state index in [1.807, 2.05) is 43.3 Å². The van der Waals surface area contributed by atoms with Crippen molar-refractivity contribution >= 4 is 5.91 Å². The molecule has 1 aromatic heterocycles. The minimum Gasteiger partial charge on any atom is -0.467 e. The van der Waals surface area contributed by atoms with E-state index in [9.17, 15) is 4.79 Å². The Hall–Kier alpha value is -2.07. The van der Waals surface area contributed by atoms with Crippen molar-refractivity contribution < 1.29 is 9.21 Å². The normalized spacial score (nSPS) is 12.1. The Balaban J connectivity index is 1.98. The van der Waals surface area contributed by atoms with E-state index in [-0.39, 0.29) is 11.9 Å². The molecule has 0 fully saturated rings. The van der Waals surface area contributed by atoms with Crippen LogP contribution in [0.15, 0.2) is 47.1 Å². The molecule has 2 rings (SSSR count). The quantitative estimate of drug-likeness (QED) is 0.863. The van der Waals surface area contributed by atoms with Crippen molar-refractivity contribution in [1.29, 1.82) is 0 Å². The third-order valence-electron chi connectivity index (χ3n) is 3.04. The second kappa shape index (κ2) is 6.20. The first-order valence-corrected chi connectivity index (χ1v) is 6.30. The van der Waals surface area contributed by atoms with Crippen molar-refractivity contribution in [2.75, 3.05) is 0 Å². The third-order valence-corrected chi connectivity index (χ3v) is 3.04. The summed E-state index contributed by atoms with van der Waals surface area (Å²) < 4.78 is 5.26. The summed E-state index contributed by atoms with van der Waals surface area (Å²) in [6.07, 6.45) is 1.93. The first kappa shape index (κ1) is 13.4. The van der Waals surface area contributed by atoms with E-state index in [0.29, 0.717) is 13.0 Å². The lowest BCUT2D eigenvalue weighted by Crippen LogP contribution is -2.28. The smallest absolute Gasteiger partial charge is 0.225 e. The molecule has 1 aromatic carbocycles. The summed E-state index contributed by atoms with van der Waals surface area (Å²) in [7, 11) is 0. The molecule has 0 saturated heterocycles. The lowest BCUT2D eigenvalue weighted by Gasteiger charge is -2.12. The van der Waals surface area contributed by atoms with Crippen LogP contribution in [0.3, 0.4) is 0 Å². The van der Waals surface area contributed by atoms with Gasteiger partial charge in [-0.25, -0.2) is 0 Å². The number of benzene rings is 1. The van der Waals surface area contributed by atoms with Gasteiger partial charge < -0.3 is 15.5 Å². The molecule has 1 amide bonds. The molecule has 0 saturated carbocycles. The molecule has 0 unspecified atom stereocenters. The van der Waals surface area contributed by atoms with Crippen LogP contribution in [-0.4, -0.2) is 5.91 Å². The molecule has 0 aliphatic heterocycles. The topological polar surface area (TPSA) is 68.3 Å². The standard InChI is InChI=1S/C15H18N2O2/c1-11(14-7-4-8-19-14)17-15(18)9-12-5-2-3-6-13(12)10-16/h2-8,11H,9-10,16H2,1H3,(H,17,18)/t11-/m0/s1. The van der Waals surface area contributed by atoms with Crippen LogP contribution in [0, 0.1) is 0 Å². The number of furan rings is 1. The Kier molecular flexibility index (Phi) is 4.36. The van der Waals surface area contributed by atoms with Crippen LogP contribution in [0.4, 0.5) is 0 Å². The zero-order valence-electron chi connectivity index (χ0n) is 10.9. The summed E-state index contributed by atoms with van der Waals surface area (Å²) in [6.45, 7) is 2.34. The molecule has 0 aliphatic carbocycles. The van der Waals surface area contributed by atoms with Crippen molar-refractivity contribution in [2.45, 2.75) is 25.9 Å². The van der Waals surface area contributed by atoms with Crippen LogP contribution in [0.2, 0.25) is 0 Å². The number of carbonyl (C=O) groups is 1. The number of rotatable bonds is 5. The lowest BCUT2D eigenvalue weighted by atomic mass is 10.0. The number of hydrogen-bond donors (Lipinski definition) is 2. The molecule has 1 heterocycles. The average molecular weight is 258 g/mol. The van der Waals surface area contributed by atoms with E-state index in [0.717, 1.165) is 16.9 Å². The highest BCUT2D eigenvalue weighted by atomic mass is 16.3. The van der Waals surface area contributed by atoms with Gasteiger partial charge in [-0.1, -0.05) is 24.3 Å². The van der Waals surface area contributed by atoms with Gasteiger partial charge in [0.2, 0.25) is 5.91 Å². The van der Waals surface area contributed by atoms with E-state index < -0.39 is 0 Å². The van der Waals surface area contributed by atoms with Gasteiger partial charge in [-0.15, -0.1) is 0 Å². The number of amides is 1. The summed E-state index contributed by atoms with van der Waals surface area (Å²) in [6, 6.07) is 11.2. The Labute approximate surface area is 112 Å². The second-order valence-corrected chi connectivity index (χ2v) is 4.45. The van der Waals surface area contributed by atoms with Crippen molar-refractivity contribution in [1.82, 2.24) is 5.32 Å². The van der Waals surface area contributed by atoms with Gasteiger partial charge in [0.1, 0.15) is 5.76 Å². The molecular formula is C15H18N2O2. The molecule has 0 aliphatic rings. The first-order chi connectivity index (χ1) is 9.20. The number of hydrogen-bond acceptors (Lipinski definition) is 3. The van der Waals surface area contributed by atoms with E-state index in [4.69, 9.17) is 10.2 Å². The van der Waals surface area contributed by atoms with Crippen molar-refractivity contribution in [3.05, 3.63) is 59.5 Å². The SMILES string of the molecule is C[C@H](NC(=O)Cc1ccccc1CN)c1ccco1. The summed E-state index contributed by atoms with van der Waals surface area (Å²) >= 11 is 0. The van der Waals surface area contributed by atoms with Crippen LogP contribution < -0.4 is 11.1 Å². The van der Waals surface area contributed by atoms with Crippen LogP contribution in [0.5, 0.6) is 0 Å². The predicted molar refractivity (Wildman–Crippen MR) is 73.3 cm³/mol. The molecule has 2 aromatic rings. The van der Waals surface area contributed by atoms with Crippen LogP contribution >= 0.6 is 0 Å². The molecule has 100 valence electrons. The molecule has 4 nitrogen and oxygen atoms in total. The number of nitrogens with one attached hydrogen (secondary N) is 1. The van der Waals surface area contributed by atoms with Gasteiger partial charge in [0, 0.05) is 6.54 Å². The molecule has 0 radical (unpaired) electrons. The molecule has 0 spiro atoms. The summed E-state index contributed by atoms with van der Waals surface area (Å²) in [5.41, 5.74) is 7.63. The minimum absolute atomic E-state index is 0.0372. The van der Waals surface area contributed by atoms with Gasteiger partial charge >= 0.3 is 0 Å². The lowest BCUT2D eigenvalue weighted by molar-refractivity contribution is -0.121. The zero-order chi connectivity index (χ0) is 13.7. The Morgan fingerprint density at radius 3 is 2.63 bits per heavy atom. The Morgan fingerprint density at radius 2 is 2.00 bits per heavy atom. The molecule has 3 N–H and O–H groups in total. The molecule has 4 heteroatoms. The van der Waals surface area contributed by atoms with E-state index in [1.165, 1.54) is 0 Å². The maximum Gasteiger partial charge on any atom is 0.225 e. The predicted octanol–water partition coefficient (Wildman–Crippen LogP) is 2.16. The molecule has 0 bridgehead atoms. The Bertz CT molecular complexity index is 535. The average Bonchev–Trinajstić information content (AvgIpc) is 2.93. The maximum absolute atomic E-state index is 12.0. The summed E-state index contributed by atoms with van der Waals surface area (Å²) in [4.78, 5) is 12.0. The second-order valence-electron chi connectivity index (χ2n) is 4.45. The van der Waals surface area contributed by atoms with Crippen LogP contribution in [0.25, 0.3) is 0 Å². The zero-order valence-corrected chi connectivity index (χ0v) is 10.9. The first-order valence-electron chi connectivity index (χ1n) is 6.30. The van der Waals surface area contributed by atoms with Gasteiger partial charge in [0.05, 0.1) is 18.7 Å². The highest BCUT2D eigenvalue weighted by Crippen LogP contribution is 2.13. The number of nitrogens with two attached hydrogens (primary N) is 1. The monoisotopic (exact) mass is 258 g/mol. The van der Waals surface area contributed by atoms with Crippen LogP contribution in [-0.2, 0) is 17.8 Å². The third kappa shape index (κ3) is 3.45. The molecule has 19 heavy (non-hydrogen) atoms. The van der Waals surface area contributed by atoms with Gasteiger partial charge in [-0.3, -0.25) is 4.79 Å². The minimum atomic E-state index is -0.132. The number of carbonyl (C=O) groups excluding carboxylic acids is 1. The largest absolute Gasteiger partial charge is 0.467 e. The summed E-state index contributed by atoms with van der Waals surface area (Å²) in [5.74, 6) is 0.713. The molecular weight excluding hydrogens is 240 g/mol. The highest BCUT2D eigenvalue weighted by Gasteiger charge is 2.13. The van der Waals surface area contributed by atoms with Gasteiger partial charge in [-0.05, 0) is 30.2 Å². The van der Waals surface area contributed by atoms with Crippen molar-refractivity contribution in [3.8, 4) is 0 Å². The van der Waals surface area contributed by atoms with E-state index in [1.54, 1.807) is 6.26 Å². The van der Waals surface area contributed by atoms with Crippen molar-refractivity contribution in [2.24, 2.45) is 5.73 Å². The van der Waals surface area contributed by atoms with E-state index in [2.05, 4.69) is 5.32 Å². The van der Waals surface area contributed by atoms with Gasteiger partial charge in [-0.2, -0.15) is 0 Å². The fourth-order valence-electron chi connectivity index (χ4n) is 2.00. The fourth-order valence-corrected chi connectivity index (χ4v) is 2.00. The molecule has 1 atom stereocenters. The van der Waals surface area contributed by atoms with Gasteiger partial charge in [0.25, 0.3) is 0 Å². The Morgan fingerprint density at radius 1 is 1.26 bits per heavy atom. The fraction of sp³-hybridized carbons (Fsp3) is 0.267. The summed E-state index contributed by atoms with van der Waals surface area (Å²) in [5, 5.41) is 2.91. The van der Waals surface area contributed by atoms with E-state index >= 15 is 0 Å². The van der Waals surface area contributed by atoms with Crippen LogP contribution in [0.1, 0.15) is 29.9 Å². The van der Waals surface area contributed by atoms with Crippen molar-refractivity contribution in [3.63, 3.8) is 0 Å². The van der Waals surface area contributed by atoms with Gasteiger partial charge in [0.15, 0.2) is 0 Å². The maximum atomic E-state index is 12.0. The highest BCUT2D eigenvalue weighted by molar-refractivity contribution is 5.79.